The average molecular weight is 431 g/mol. The maximum Gasteiger partial charge on any atom is 0.268 e. The molecule has 1 amide bonds. The van der Waals surface area contributed by atoms with Crippen LogP contribution in [0.15, 0.2) is 54.6 Å². The van der Waals surface area contributed by atoms with Crippen LogP contribution in [0.5, 0.6) is 5.75 Å². The van der Waals surface area contributed by atoms with E-state index >= 15 is 0 Å². The second-order valence-electron chi connectivity index (χ2n) is 9.72. The summed E-state index contributed by atoms with van der Waals surface area (Å²) in [4.78, 5) is 18.9. The zero-order valence-electron chi connectivity index (χ0n) is 18.8. The number of methoxy groups -OCH3 is 1. The number of benzene rings is 2. The van der Waals surface area contributed by atoms with Crippen LogP contribution in [0.1, 0.15) is 16.1 Å². The first-order valence-electron chi connectivity index (χ1n) is 11.5. The second kappa shape index (κ2) is 7.36. The highest BCUT2D eigenvalue weighted by Crippen LogP contribution is 2.43. The van der Waals surface area contributed by atoms with Gasteiger partial charge in [0.05, 0.1) is 7.11 Å². The zero-order valence-corrected chi connectivity index (χ0v) is 18.8. The Balaban J connectivity index is 1.38. The summed E-state index contributed by atoms with van der Waals surface area (Å²) in [5.74, 6) is 1.25. The number of fused-ring (bicyclic) bond motifs is 2. The highest BCUT2D eigenvalue weighted by molar-refractivity contribution is 5.99. The predicted molar refractivity (Wildman–Crippen MR) is 125 cm³/mol. The molecule has 4 fully saturated rings. The highest BCUT2D eigenvalue weighted by Gasteiger charge is 2.55. The number of carbonyl (C=O) groups is 1. The van der Waals surface area contributed by atoms with Crippen molar-refractivity contribution in [2.75, 3.05) is 46.4 Å². The van der Waals surface area contributed by atoms with E-state index in [1.54, 1.807) is 7.11 Å². The minimum atomic E-state index is -0.0810. The van der Waals surface area contributed by atoms with E-state index in [1.807, 2.05) is 35.9 Å². The molecule has 6 heteroatoms. The van der Waals surface area contributed by atoms with Gasteiger partial charge in [-0.3, -0.25) is 4.79 Å². The second-order valence-corrected chi connectivity index (χ2v) is 9.72. The van der Waals surface area contributed by atoms with E-state index in [4.69, 9.17) is 4.74 Å². The van der Waals surface area contributed by atoms with Gasteiger partial charge in [-0.2, -0.15) is 0 Å². The van der Waals surface area contributed by atoms with Crippen LogP contribution in [0, 0.1) is 5.92 Å². The Morgan fingerprint density at radius 3 is 2.44 bits per heavy atom. The summed E-state index contributed by atoms with van der Waals surface area (Å²) in [6.45, 7) is 6.36. The monoisotopic (exact) mass is 430 g/mol. The fourth-order valence-corrected chi connectivity index (χ4v) is 6.46. The van der Waals surface area contributed by atoms with Crippen molar-refractivity contribution in [3.05, 3.63) is 65.9 Å². The lowest BCUT2D eigenvalue weighted by atomic mass is 9.64. The number of rotatable bonds is 4. The molecule has 4 bridgehead atoms. The molecule has 6 nitrogen and oxygen atoms in total. The third kappa shape index (κ3) is 2.97. The Kier molecular flexibility index (Phi) is 4.56. The largest absolute Gasteiger partial charge is 0.497 e. The van der Waals surface area contributed by atoms with Crippen LogP contribution in [0.3, 0.4) is 0 Å². The quantitative estimate of drug-likeness (QED) is 0.691. The predicted octanol–water partition coefficient (Wildman–Crippen LogP) is 2.48. The first kappa shape index (κ1) is 19.8. The Labute approximate surface area is 188 Å². The van der Waals surface area contributed by atoms with Crippen LogP contribution in [0.2, 0.25) is 0 Å². The molecule has 1 aromatic heterocycles. The van der Waals surface area contributed by atoms with Crippen molar-refractivity contribution in [3.63, 3.8) is 0 Å². The van der Waals surface area contributed by atoms with Gasteiger partial charge in [-0.15, -0.1) is 0 Å². The van der Waals surface area contributed by atoms with E-state index in [-0.39, 0.29) is 17.4 Å². The summed E-state index contributed by atoms with van der Waals surface area (Å²) in [6, 6.07) is 18.9. The van der Waals surface area contributed by atoms with Gasteiger partial charge < -0.3 is 24.4 Å². The lowest BCUT2D eigenvalue weighted by Crippen LogP contribution is -2.70. The highest BCUT2D eigenvalue weighted by atomic mass is 16.5. The van der Waals surface area contributed by atoms with Crippen LogP contribution in [-0.4, -0.2) is 72.7 Å². The van der Waals surface area contributed by atoms with Crippen molar-refractivity contribution >= 4 is 16.8 Å². The third-order valence-corrected chi connectivity index (χ3v) is 7.91. The molecular formula is C26H30N4O2. The molecule has 3 unspecified atom stereocenters. The SMILES string of the molecule is COc1ccc2c(c1)cc(C(=O)NC1C3CN4CCN(C3)CC1(c1ccccc1)C4)n2C. The first-order valence-corrected chi connectivity index (χ1v) is 11.5. The number of nitrogens with one attached hydrogen (secondary N) is 1. The number of hydrogen-bond donors (Lipinski definition) is 1. The number of nitrogens with zero attached hydrogens (tertiary/aromatic N) is 3. The summed E-state index contributed by atoms with van der Waals surface area (Å²) < 4.78 is 7.37. The van der Waals surface area contributed by atoms with E-state index in [9.17, 15) is 4.79 Å². The number of aromatic nitrogens is 1. The molecule has 0 spiro atoms. The molecule has 0 saturated carbocycles. The smallest absolute Gasteiger partial charge is 0.268 e. The normalized spacial score (nSPS) is 30.9. The number of carbonyl (C=O) groups excluding carboxylic acids is 1. The fourth-order valence-electron chi connectivity index (χ4n) is 6.46. The van der Waals surface area contributed by atoms with Crippen molar-refractivity contribution < 1.29 is 9.53 Å². The van der Waals surface area contributed by atoms with Gasteiger partial charge in [0.25, 0.3) is 5.91 Å². The van der Waals surface area contributed by atoms with Gasteiger partial charge in [0.1, 0.15) is 11.4 Å². The van der Waals surface area contributed by atoms with Crippen LogP contribution in [0.4, 0.5) is 0 Å². The number of ether oxygens (including phenoxy) is 1. The standard InChI is InChI=1S/C26H30N4O2/c1-28-22-9-8-21(32-2)12-18(22)13-23(28)25(31)27-24-19-14-29-10-11-30(15-19)17-26(24,16-29)20-6-4-3-5-7-20/h3-9,12-13,19,24H,10-11,14-17H2,1-2H3,(H,27,31). The molecule has 2 aromatic carbocycles. The third-order valence-electron chi connectivity index (χ3n) is 7.91. The van der Waals surface area contributed by atoms with Crippen LogP contribution < -0.4 is 10.1 Å². The molecule has 32 heavy (non-hydrogen) atoms. The van der Waals surface area contributed by atoms with Crippen molar-refractivity contribution in [2.45, 2.75) is 11.5 Å². The molecule has 1 N–H and O–H groups in total. The first-order chi connectivity index (χ1) is 15.6. The Bertz CT molecular complexity index is 1160. The number of aryl methyl sites for hydroxylation is 1. The van der Waals surface area contributed by atoms with Gasteiger partial charge in [0, 0.05) is 74.6 Å². The minimum Gasteiger partial charge on any atom is -0.497 e. The molecule has 0 aliphatic carbocycles. The van der Waals surface area contributed by atoms with Gasteiger partial charge in [-0.25, -0.2) is 0 Å². The van der Waals surface area contributed by atoms with Gasteiger partial charge in [-0.05, 0) is 29.8 Å². The van der Waals surface area contributed by atoms with E-state index in [0.29, 0.717) is 11.6 Å². The van der Waals surface area contributed by atoms with E-state index in [0.717, 1.165) is 55.9 Å². The fraction of sp³-hybridized carbons (Fsp3) is 0.423. The van der Waals surface area contributed by atoms with Crippen LogP contribution in [0.25, 0.3) is 10.9 Å². The molecular weight excluding hydrogens is 400 g/mol. The molecule has 3 atom stereocenters. The van der Waals surface area contributed by atoms with Crippen LogP contribution in [-0.2, 0) is 12.5 Å². The Hall–Kier alpha value is -2.83. The minimum absolute atomic E-state index is 0.0131. The molecule has 4 aliphatic rings. The molecule has 4 saturated heterocycles. The maximum absolute atomic E-state index is 13.7. The summed E-state index contributed by atoms with van der Waals surface area (Å²) in [5, 5.41) is 4.55. The number of piperidine rings is 2. The van der Waals surface area contributed by atoms with Gasteiger partial charge in [0.15, 0.2) is 0 Å². The zero-order chi connectivity index (χ0) is 21.9. The number of amides is 1. The summed E-state index contributed by atoms with van der Waals surface area (Å²) in [5.41, 5.74) is 2.99. The molecule has 7 rings (SSSR count). The van der Waals surface area contributed by atoms with E-state index in [1.165, 1.54) is 5.56 Å². The maximum atomic E-state index is 13.7. The molecule has 3 aromatic rings. The summed E-state index contributed by atoms with van der Waals surface area (Å²) >= 11 is 0. The van der Waals surface area contributed by atoms with Crippen molar-refractivity contribution in [1.29, 1.82) is 0 Å². The van der Waals surface area contributed by atoms with Gasteiger partial charge in [0.2, 0.25) is 0 Å². The van der Waals surface area contributed by atoms with Crippen LogP contribution >= 0.6 is 0 Å². The summed E-state index contributed by atoms with van der Waals surface area (Å²) in [7, 11) is 3.64. The summed E-state index contributed by atoms with van der Waals surface area (Å²) in [6.07, 6.45) is 0. The molecule has 4 aliphatic heterocycles. The lowest BCUT2D eigenvalue weighted by molar-refractivity contribution is 0.0179. The van der Waals surface area contributed by atoms with Crippen molar-refractivity contribution in [3.8, 4) is 5.75 Å². The topological polar surface area (TPSA) is 49.7 Å². The Morgan fingerprint density at radius 2 is 1.75 bits per heavy atom. The van der Waals surface area contributed by atoms with Gasteiger partial charge in [-0.1, -0.05) is 30.3 Å². The van der Waals surface area contributed by atoms with E-state index in [2.05, 4.69) is 45.4 Å². The number of hydrogen-bond acceptors (Lipinski definition) is 4. The average Bonchev–Trinajstić information content (AvgIpc) is 2.94. The van der Waals surface area contributed by atoms with E-state index < -0.39 is 0 Å². The van der Waals surface area contributed by atoms with Crippen molar-refractivity contribution in [2.24, 2.45) is 13.0 Å². The Morgan fingerprint density at radius 1 is 1.03 bits per heavy atom. The van der Waals surface area contributed by atoms with Crippen molar-refractivity contribution in [1.82, 2.24) is 19.7 Å². The molecule has 5 heterocycles. The lowest BCUT2D eigenvalue weighted by Gasteiger charge is -2.55. The molecule has 0 radical (unpaired) electrons. The molecule has 166 valence electrons. The van der Waals surface area contributed by atoms with Gasteiger partial charge >= 0.3 is 0 Å².